The summed E-state index contributed by atoms with van der Waals surface area (Å²) >= 11 is 2.12. The molecule has 1 saturated carbocycles. The van der Waals surface area contributed by atoms with Crippen LogP contribution in [0, 0.1) is 5.41 Å². The van der Waals surface area contributed by atoms with Crippen molar-refractivity contribution in [3.63, 3.8) is 0 Å². The van der Waals surface area contributed by atoms with Crippen molar-refractivity contribution < 1.29 is 0 Å². The van der Waals surface area contributed by atoms with Crippen molar-refractivity contribution in [1.82, 2.24) is 10.2 Å². The Bertz CT molecular complexity index is 247. The maximum Gasteiger partial charge on any atom is 0.0285 e. The molecule has 2 nitrogen and oxygen atoms in total. The highest BCUT2D eigenvalue weighted by Gasteiger charge is 2.35. The summed E-state index contributed by atoms with van der Waals surface area (Å²) in [6.07, 6.45) is 10.5. The normalized spacial score (nSPS) is 33.7. The van der Waals surface area contributed by atoms with Crippen LogP contribution >= 0.6 is 11.8 Å². The number of nitrogens with one attached hydrogen (secondary N) is 1. The summed E-state index contributed by atoms with van der Waals surface area (Å²) in [5.74, 6) is 2.63. The predicted molar refractivity (Wildman–Crippen MR) is 80.3 cm³/mol. The minimum absolute atomic E-state index is 0.754. The third-order valence-electron chi connectivity index (χ3n) is 5.31. The molecule has 0 bridgehead atoms. The first-order chi connectivity index (χ1) is 8.86. The van der Waals surface area contributed by atoms with Crippen LogP contribution in [-0.2, 0) is 0 Å². The first kappa shape index (κ1) is 13.3. The fourth-order valence-corrected chi connectivity index (χ4v) is 5.00. The number of rotatable bonds is 2. The van der Waals surface area contributed by atoms with Crippen LogP contribution in [0.5, 0.6) is 0 Å². The van der Waals surface area contributed by atoms with Crippen LogP contribution in [0.4, 0.5) is 0 Å². The molecule has 0 amide bonds. The van der Waals surface area contributed by atoms with Gasteiger partial charge in [0.15, 0.2) is 0 Å². The zero-order chi connectivity index (χ0) is 12.3. The maximum atomic E-state index is 3.67. The second-order valence-electron chi connectivity index (χ2n) is 6.59. The summed E-state index contributed by atoms with van der Waals surface area (Å²) in [4.78, 5) is 2.73. The first-order valence-electron chi connectivity index (χ1n) is 7.90. The van der Waals surface area contributed by atoms with Crippen LogP contribution in [0.25, 0.3) is 0 Å². The Labute approximate surface area is 116 Å². The molecule has 2 aliphatic heterocycles. The van der Waals surface area contributed by atoms with Crippen molar-refractivity contribution in [2.75, 3.05) is 37.7 Å². The van der Waals surface area contributed by atoms with Crippen molar-refractivity contribution in [2.24, 2.45) is 5.41 Å². The van der Waals surface area contributed by atoms with E-state index < -0.39 is 0 Å². The third kappa shape index (κ3) is 3.23. The fourth-order valence-electron chi connectivity index (χ4n) is 4.06. The van der Waals surface area contributed by atoms with Crippen LogP contribution in [-0.4, -0.2) is 48.6 Å². The minimum Gasteiger partial charge on any atom is -0.311 e. The van der Waals surface area contributed by atoms with Gasteiger partial charge >= 0.3 is 0 Å². The third-order valence-corrected chi connectivity index (χ3v) is 6.44. The molecule has 0 aromatic rings. The minimum atomic E-state index is 0.754. The molecule has 1 aliphatic carbocycles. The van der Waals surface area contributed by atoms with Gasteiger partial charge in [-0.15, -0.1) is 0 Å². The zero-order valence-corrected chi connectivity index (χ0v) is 12.4. The van der Waals surface area contributed by atoms with E-state index in [0.29, 0.717) is 0 Å². The molecule has 0 aromatic heterocycles. The van der Waals surface area contributed by atoms with Gasteiger partial charge in [-0.05, 0) is 44.2 Å². The molecular weight excluding hydrogens is 240 g/mol. The van der Waals surface area contributed by atoms with E-state index in [1.807, 2.05) is 0 Å². The molecule has 2 saturated heterocycles. The van der Waals surface area contributed by atoms with E-state index in [-0.39, 0.29) is 0 Å². The van der Waals surface area contributed by atoms with Gasteiger partial charge in [0.2, 0.25) is 0 Å². The number of hydrogen-bond acceptors (Lipinski definition) is 3. The van der Waals surface area contributed by atoms with Crippen LogP contribution < -0.4 is 5.32 Å². The topological polar surface area (TPSA) is 15.3 Å². The Morgan fingerprint density at radius 3 is 2.50 bits per heavy atom. The number of likely N-dealkylation sites (tertiary alicyclic amines) is 1. The van der Waals surface area contributed by atoms with Gasteiger partial charge in [-0.3, -0.25) is 0 Å². The lowest BCUT2D eigenvalue weighted by molar-refractivity contribution is 0.0640. The Hall–Kier alpha value is 0.270. The molecule has 1 unspecified atom stereocenters. The number of thioether (sulfide) groups is 1. The van der Waals surface area contributed by atoms with Crippen molar-refractivity contribution in [2.45, 2.75) is 51.0 Å². The van der Waals surface area contributed by atoms with E-state index >= 15 is 0 Å². The van der Waals surface area contributed by atoms with Crippen molar-refractivity contribution in [1.29, 1.82) is 0 Å². The molecule has 1 spiro atoms. The quantitative estimate of drug-likeness (QED) is 0.829. The van der Waals surface area contributed by atoms with Gasteiger partial charge in [-0.1, -0.05) is 19.3 Å². The predicted octanol–water partition coefficient (Wildman–Crippen LogP) is 2.74. The molecule has 3 heteroatoms. The lowest BCUT2D eigenvalue weighted by Crippen LogP contribution is -2.49. The highest BCUT2D eigenvalue weighted by molar-refractivity contribution is 7.99. The van der Waals surface area contributed by atoms with E-state index in [4.69, 9.17) is 0 Å². The van der Waals surface area contributed by atoms with E-state index in [9.17, 15) is 0 Å². The van der Waals surface area contributed by atoms with Gasteiger partial charge in [0.05, 0.1) is 0 Å². The Balaban J connectivity index is 1.44. The highest BCUT2D eigenvalue weighted by Crippen LogP contribution is 2.44. The summed E-state index contributed by atoms with van der Waals surface area (Å²) in [7, 11) is 0. The molecule has 2 heterocycles. The van der Waals surface area contributed by atoms with Gasteiger partial charge in [-0.25, -0.2) is 0 Å². The second kappa shape index (κ2) is 6.15. The van der Waals surface area contributed by atoms with E-state index in [1.165, 1.54) is 82.6 Å². The van der Waals surface area contributed by atoms with Crippen molar-refractivity contribution in [3.05, 3.63) is 0 Å². The van der Waals surface area contributed by atoms with Gasteiger partial charge in [0.1, 0.15) is 0 Å². The van der Waals surface area contributed by atoms with Gasteiger partial charge in [0.25, 0.3) is 0 Å². The van der Waals surface area contributed by atoms with Crippen LogP contribution in [0.2, 0.25) is 0 Å². The van der Waals surface area contributed by atoms with Crippen LogP contribution in [0.15, 0.2) is 0 Å². The first-order valence-corrected chi connectivity index (χ1v) is 9.05. The molecule has 1 atom stereocenters. The molecule has 3 rings (SSSR count). The molecule has 104 valence electrons. The van der Waals surface area contributed by atoms with Crippen molar-refractivity contribution >= 4 is 11.8 Å². The highest BCUT2D eigenvalue weighted by atomic mass is 32.2. The second-order valence-corrected chi connectivity index (χ2v) is 7.74. The summed E-state index contributed by atoms with van der Waals surface area (Å²) in [6, 6.07) is 0.754. The molecule has 0 aromatic carbocycles. The fraction of sp³-hybridized carbons (Fsp3) is 1.00. The standard InChI is InChI=1S/C15H28N2S/c1-2-4-15(5-3-1)6-9-17(10-7-15)12-14-13-18-11-8-16-14/h14,16H,1-13H2. The monoisotopic (exact) mass is 268 g/mol. The summed E-state index contributed by atoms with van der Waals surface area (Å²) in [6.45, 7) is 5.24. The van der Waals surface area contributed by atoms with E-state index in [2.05, 4.69) is 22.0 Å². The molecule has 18 heavy (non-hydrogen) atoms. The van der Waals surface area contributed by atoms with E-state index in [0.717, 1.165) is 11.5 Å². The molecule has 1 N–H and O–H groups in total. The van der Waals surface area contributed by atoms with Crippen molar-refractivity contribution in [3.8, 4) is 0 Å². The lowest BCUT2D eigenvalue weighted by atomic mass is 9.68. The number of hydrogen-bond donors (Lipinski definition) is 1. The average Bonchev–Trinajstić information content (AvgIpc) is 2.44. The SMILES string of the molecule is C1CCC2(CC1)CCN(CC1CSCCN1)CC2. The molecule has 3 aliphatic rings. The lowest BCUT2D eigenvalue weighted by Gasteiger charge is -2.45. The van der Waals surface area contributed by atoms with Gasteiger partial charge in [0, 0.05) is 30.6 Å². The van der Waals surface area contributed by atoms with Gasteiger partial charge < -0.3 is 10.2 Å². The van der Waals surface area contributed by atoms with E-state index in [1.54, 1.807) is 0 Å². The summed E-state index contributed by atoms with van der Waals surface area (Å²) in [5, 5.41) is 3.67. The Morgan fingerprint density at radius 2 is 1.83 bits per heavy atom. The number of piperidine rings is 1. The largest absolute Gasteiger partial charge is 0.311 e. The van der Waals surface area contributed by atoms with Crippen LogP contribution in [0.1, 0.15) is 44.9 Å². The Morgan fingerprint density at radius 1 is 1.06 bits per heavy atom. The zero-order valence-electron chi connectivity index (χ0n) is 11.6. The summed E-state index contributed by atoms with van der Waals surface area (Å²) in [5.41, 5.74) is 0.767. The Kier molecular flexibility index (Phi) is 4.53. The number of nitrogens with zero attached hydrogens (tertiary/aromatic N) is 1. The molecule has 3 fully saturated rings. The van der Waals surface area contributed by atoms with Crippen LogP contribution in [0.3, 0.4) is 0 Å². The average molecular weight is 268 g/mol. The summed E-state index contributed by atoms with van der Waals surface area (Å²) < 4.78 is 0. The molecule has 0 radical (unpaired) electrons. The molecular formula is C15H28N2S. The maximum absolute atomic E-state index is 3.67. The van der Waals surface area contributed by atoms with Gasteiger partial charge in [-0.2, -0.15) is 11.8 Å². The smallest absolute Gasteiger partial charge is 0.0285 e.